The number of anilines is 2. The van der Waals surface area contributed by atoms with Crippen molar-refractivity contribution in [3.63, 3.8) is 0 Å². The summed E-state index contributed by atoms with van der Waals surface area (Å²) in [5.41, 5.74) is 0.725. The number of nitro groups is 1. The average Bonchev–Trinajstić information content (AvgIpc) is 2.41. The monoisotopic (exact) mass is 272 g/mol. The third-order valence-corrected chi connectivity index (χ3v) is 2.50. The Labute approximate surface area is 114 Å². The molecule has 0 aliphatic carbocycles. The molecule has 7 heteroatoms. The highest BCUT2D eigenvalue weighted by Gasteiger charge is 2.15. The molecule has 20 heavy (non-hydrogen) atoms. The van der Waals surface area contributed by atoms with E-state index in [9.17, 15) is 14.9 Å². The number of rotatable bonds is 3. The molecule has 102 valence electrons. The number of urea groups is 1. The number of aryl methyl sites for hydroxylation is 1. The van der Waals surface area contributed by atoms with Gasteiger partial charge in [0, 0.05) is 12.3 Å². The van der Waals surface area contributed by atoms with Gasteiger partial charge in [0.25, 0.3) is 5.69 Å². The molecule has 2 N–H and O–H groups in total. The lowest BCUT2D eigenvalue weighted by atomic mass is 10.2. The number of carbonyl (C=O) groups is 1. The Morgan fingerprint density at radius 1 is 1.25 bits per heavy atom. The fraction of sp³-hybridized carbons (Fsp3) is 0.0769. The predicted octanol–water partition coefficient (Wildman–Crippen LogP) is 2.94. The zero-order chi connectivity index (χ0) is 14.5. The molecule has 0 fully saturated rings. The van der Waals surface area contributed by atoms with Gasteiger partial charge in [-0.2, -0.15) is 0 Å². The van der Waals surface area contributed by atoms with Gasteiger partial charge in [0.1, 0.15) is 11.5 Å². The van der Waals surface area contributed by atoms with Gasteiger partial charge in [-0.05, 0) is 30.7 Å². The van der Waals surface area contributed by atoms with Crippen LogP contribution in [0.5, 0.6) is 0 Å². The molecule has 0 bridgehead atoms. The van der Waals surface area contributed by atoms with E-state index < -0.39 is 11.0 Å². The van der Waals surface area contributed by atoms with Gasteiger partial charge in [0.15, 0.2) is 0 Å². The summed E-state index contributed by atoms with van der Waals surface area (Å²) >= 11 is 0. The minimum Gasteiger partial charge on any atom is -0.302 e. The van der Waals surface area contributed by atoms with Crippen molar-refractivity contribution >= 4 is 23.2 Å². The van der Waals surface area contributed by atoms with E-state index in [1.807, 2.05) is 0 Å². The Hall–Kier alpha value is -2.96. The van der Waals surface area contributed by atoms with Crippen LogP contribution in [0, 0.1) is 17.0 Å². The summed E-state index contributed by atoms with van der Waals surface area (Å²) in [6, 6.07) is 9.04. The first-order valence-corrected chi connectivity index (χ1v) is 5.80. The summed E-state index contributed by atoms with van der Waals surface area (Å²) in [6.45, 7) is 1.74. The molecule has 1 aromatic carbocycles. The molecule has 0 aliphatic rings. The molecule has 0 radical (unpaired) electrons. The molecule has 0 saturated heterocycles. The molecule has 0 aliphatic heterocycles. The van der Waals surface area contributed by atoms with Crippen LogP contribution in [0.1, 0.15) is 5.56 Å². The van der Waals surface area contributed by atoms with Gasteiger partial charge in [-0.1, -0.05) is 12.1 Å². The predicted molar refractivity (Wildman–Crippen MR) is 74.7 cm³/mol. The van der Waals surface area contributed by atoms with Gasteiger partial charge < -0.3 is 5.32 Å². The zero-order valence-electron chi connectivity index (χ0n) is 10.7. The summed E-state index contributed by atoms with van der Waals surface area (Å²) in [6.07, 6.45) is 1.53. The molecule has 1 heterocycles. The van der Waals surface area contributed by atoms with Crippen molar-refractivity contribution in [2.24, 2.45) is 0 Å². The summed E-state index contributed by atoms with van der Waals surface area (Å²) in [4.78, 5) is 26.1. The highest BCUT2D eigenvalue weighted by atomic mass is 16.6. The van der Waals surface area contributed by atoms with Gasteiger partial charge in [0.2, 0.25) is 0 Å². The first kappa shape index (κ1) is 13.5. The second-order valence-corrected chi connectivity index (χ2v) is 4.07. The topological polar surface area (TPSA) is 97.2 Å². The Balaban J connectivity index is 2.14. The largest absolute Gasteiger partial charge is 0.325 e. The lowest BCUT2D eigenvalue weighted by molar-refractivity contribution is -0.384. The number of nitro benzene ring substituents is 1. The Kier molecular flexibility index (Phi) is 3.90. The highest BCUT2D eigenvalue weighted by Crippen LogP contribution is 2.25. The smallest absolute Gasteiger partial charge is 0.302 e. The van der Waals surface area contributed by atoms with Crippen LogP contribution >= 0.6 is 0 Å². The minimum absolute atomic E-state index is 0.133. The number of hydrogen-bond acceptors (Lipinski definition) is 4. The Morgan fingerprint density at radius 3 is 2.70 bits per heavy atom. The van der Waals surface area contributed by atoms with E-state index >= 15 is 0 Å². The molecule has 0 spiro atoms. The second-order valence-electron chi connectivity index (χ2n) is 4.07. The molecule has 2 amide bonds. The van der Waals surface area contributed by atoms with E-state index in [0.717, 1.165) is 5.56 Å². The van der Waals surface area contributed by atoms with Crippen LogP contribution in [0.15, 0.2) is 42.6 Å². The molecule has 2 aromatic rings. The van der Waals surface area contributed by atoms with Crippen molar-refractivity contribution < 1.29 is 9.72 Å². The summed E-state index contributed by atoms with van der Waals surface area (Å²) in [5.74, 6) is 0.361. The number of aromatic nitrogens is 1. The number of carbonyl (C=O) groups excluding carboxylic acids is 1. The van der Waals surface area contributed by atoms with Crippen LogP contribution < -0.4 is 10.6 Å². The van der Waals surface area contributed by atoms with Crippen LogP contribution in [0.2, 0.25) is 0 Å². The lowest BCUT2D eigenvalue weighted by Crippen LogP contribution is -2.20. The van der Waals surface area contributed by atoms with Crippen molar-refractivity contribution in [1.29, 1.82) is 0 Å². The van der Waals surface area contributed by atoms with E-state index in [-0.39, 0.29) is 11.4 Å². The van der Waals surface area contributed by atoms with Crippen LogP contribution in [0.4, 0.5) is 22.0 Å². The molecule has 0 atom stereocenters. The van der Waals surface area contributed by atoms with Crippen molar-refractivity contribution in [1.82, 2.24) is 4.98 Å². The first-order valence-electron chi connectivity index (χ1n) is 5.80. The standard InChI is InChI=1S/C13H12N4O3/c1-9-5-6-10(11(8-9)17(19)20)15-13(18)16-12-4-2-3-7-14-12/h2-8H,1H3,(H2,14,15,16,18). The maximum atomic E-state index is 11.8. The van der Waals surface area contributed by atoms with Gasteiger partial charge in [-0.3, -0.25) is 15.4 Å². The zero-order valence-corrected chi connectivity index (χ0v) is 10.7. The number of nitrogens with one attached hydrogen (secondary N) is 2. The van der Waals surface area contributed by atoms with Crippen molar-refractivity contribution in [3.8, 4) is 0 Å². The maximum Gasteiger partial charge on any atom is 0.325 e. The van der Waals surface area contributed by atoms with Crippen molar-refractivity contribution in [2.75, 3.05) is 10.6 Å². The normalized spacial score (nSPS) is 9.85. The minimum atomic E-state index is -0.587. The number of benzene rings is 1. The van der Waals surface area contributed by atoms with Crippen LogP contribution in [0.3, 0.4) is 0 Å². The van der Waals surface area contributed by atoms with Crippen molar-refractivity contribution in [2.45, 2.75) is 6.92 Å². The second kappa shape index (κ2) is 5.79. The molecule has 0 saturated carbocycles. The summed E-state index contributed by atoms with van der Waals surface area (Å²) in [7, 11) is 0. The van der Waals surface area contributed by atoms with Gasteiger partial charge in [-0.15, -0.1) is 0 Å². The van der Waals surface area contributed by atoms with Crippen molar-refractivity contribution in [3.05, 3.63) is 58.3 Å². The van der Waals surface area contributed by atoms with Crippen LogP contribution in [-0.4, -0.2) is 15.9 Å². The molecule has 1 aromatic heterocycles. The first-order chi connectivity index (χ1) is 9.56. The van der Waals surface area contributed by atoms with E-state index in [2.05, 4.69) is 15.6 Å². The van der Waals surface area contributed by atoms with Gasteiger partial charge >= 0.3 is 6.03 Å². The lowest BCUT2D eigenvalue weighted by Gasteiger charge is -2.07. The third kappa shape index (κ3) is 3.29. The average molecular weight is 272 g/mol. The van der Waals surface area contributed by atoms with Crippen LogP contribution in [0.25, 0.3) is 0 Å². The van der Waals surface area contributed by atoms with Gasteiger partial charge in [0.05, 0.1) is 4.92 Å². The quantitative estimate of drug-likeness (QED) is 0.663. The van der Waals surface area contributed by atoms with E-state index in [0.29, 0.717) is 5.82 Å². The molecular weight excluding hydrogens is 260 g/mol. The number of nitrogens with zero attached hydrogens (tertiary/aromatic N) is 2. The SMILES string of the molecule is Cc1ccc(NC(=O)Nc2ccccn2)c([N+](=O)[O-])c1. The summed E-state index contributed by atoms with van der Waals surface area (Å²) < 4.78 is 0. The number of pyridine rings is 1. The van der Waals surface area contributed by atoms with Crippen LogP contribution in [-0.2, 0) is 0 Å². The number of amides is 2. The van der Waals surface area contributed by atoms with E-state index in [4.69, 9.17) is 0 Å². The van der Waals surface area contributed by atoms with E-state index in [1.54, 1.807) is 31.2 Å². The van der Waals surface area contributed by atoms with Gasteiger partial charge in [-0.25, -0.2) is 9.78 Å². The Bertz CT molecular complexity index is 643. The highest BCUT2D eigenvalue weighted by molar-refractivity contribution is 6.00. The molecular formula is C13H12N4O3. The summed E-state index contributed by atoms with van der Waals surface area (Å²) in [5, 5.41) is 15.9. The molecule has 0 unspecified atom stereocenters. The Morgan fingerprint density at radius 2 is 2.05 bits per heavy atom. The fourth-order valence-corrected chi connectivity index (χ4v) is 1.61. The maximum absolute atomic E-state index is 11.8. The molecule has 7 nitrogen and oxygen atoms in total. The fourth-order valence-electron chi connectivity index (χ4n) is 1.61. The third-order valence-electron chi connectivity index (χ3n) is 2.50. The molecule has 2 rings (SSSR count). The van der Waals surface area contributed by atoms with E-state index in [1.165, 1.54) is 18.3 Å². The number of hydrogen-bond donors (Lipinski definition) is 2.